The Morgan fingerprint density at radius 3 is 2.18 bits per heavy atom. The predicted octanol–water partition coefficient (Wildman–Crippen LogP) is 4.31. The highest BCUT2D eigenvalue weighted by Gasteiger charge is 2.49. The Kier molecular flexibility index (Phi) is 9.07. The lowest BCUT2D eigenvalue weighted by atomic mass is 10.0. The molecule has 0 saturated carbocycles. The van der Waals surface area contributed by atoms with Gasteiger partial charge in [-0.3, -0.25) is 9.69 Å². The molecule has 0 spiro atoms. The van der Waals surface area contributed by atoms with E-state index in [0.717, 1.165) is 55.6 Å². The van der Waals surface area contributed by atoms with Crippen LogP contribution in [0, 0.1) is 11.3 Å². The number of nitrogens with zero attached hydrogens (tertiary/aromatic N) is 3. The third-order valence-electron chi connectivity index (χ3n) is 5.82. The summed E-state index contributed by atoms with van der Waals surface area (Å²) in [7, 11) is -3.41. The van der Waals surface area contributed by atoms with Crippen molar-refractivity contribution in [2.45, 2.75) is 70.5 Å². The van der Waals surface area contributed by atoms with Crippen LogP contribution in [0.4, 0.5) is 18.9 Å². The predicted molar refractivity (Wildman–Crippen MR) is 127 cm³/mol. The number of benzene rings is 1. The van der Waals surface area contributed by atoms with Gasteiger partial charge in [0.25, 0.3) is 5.91 Å². The second kappa shape index (κ2) is 11.0. The molecule has 0 radical (unpaired) electrons. The van der Waals surface area contributed by atoms with E-state index < -0.39 is 38.8 Å². The van der Waals surface area contributed by atoms with E-state index in [-0.39, 0.29) is 16.6 Å². The topological polar surface area (TPSA) is 108 Å². The van der Waals surface area contributed by atoms with Crippen molar-refractivity contribution < 1.29 is 26.4 Å². The normalized spacial score (nSPS) is 16.3. The maximum atomic E-state index is 13.4. The minimum Gasteiger partial charge on any atom is -0.334 e. The van der Waals surface area contributed by atoms with E-state index >= 15 is 0 Å². The number of primary sulfonamides is 1. The number of nitrogens with two attached hydrogens (primary N) is 1. The summed E-state index contributed by atoms with van der Waals surface area (Å²) in [4.78, 5) is 15.9. The van der Waals surface area contributed by atoms with Gasteiger partial charge >= 0.3 is 6.18 Å². The number of sulfonamides is 1. The van der Waals surface area contributed by atoms with Crippen molar-refractivity contribution >= 4 is 38.9 Å². The fourth-order valence-electron chi connectivity index (χ4n) is 3.90. The standard InChI is InChI=1S/C22H29F3N4O3S2/c1-21(2)19(30)29(17-11-10-16(15-26)18(14-17)22(23,24)25)20(33)28(21)12-8-6-4-3-5-7-9-13-34(27,31)32/h10-11,14H,3-9,12-13H2,1-2H3,(H2,27,31,32). The third kappa shape index (κ3) is 6.90. The Hall–Kier alpha value is -2.23. The number of hydrogen-bond donors (Lipinski definition) is 1. The van der Waals surface area contributed by atoms with Gasteiger partial charge in [-0.05, 0) is 57.1 Å². The molecule has 0 atom stereocenters. The lowest BCUT2D eigenvalue weighted by Crippen LogP contribution is -2.44. The van der Waals surface area contributed by atoms with Crippen LogP contribution in [0.15, 0.2) is 18.2 Å². The summed E-state index contributed by atoms with van der Waals surface area (Å²) in [5.41, 5.74) is -2.66. The van der Waals surface area contributed by atoms with Gasteiger partial charge in [0.2, 0.25) is 10.0 Å². The van der Waals surface area contributed by atoms with Crippen LogP contribution in [-0.4, -0.2) is 42.2 Å². The molecule has 1 amide bonds. The first-order valence-electron chi connectivity index (χ1n) is 11.0. The highest BCUT2D eigenvalue weighted by Crippen LogP contribution is 2.38. The Morgan fingerprint density at radius 2 is 1.65 bits per heavy atom. The van der Waals surface area contributed by atoms with E-state index in [1.807, 2.05) is 0 Å². The van der Waals surface area contributed by atoms with Crippen molar-refractivity contribution in [1.82, 2.24) is 4.90 Å². The molecule has 2 rings (SSSR count). The van der Waals surface area contributed by atoms with E-state index in [1.165, 1.54) is 12.1 Å². The quantitative estimate of drug-likeness (QED) is 0.346. The minimum absolute atomic E-state index is 0.0112. The number of rotatable bonds is 11. The Bertz CT molecular complexity index is 1070. The molecular weight excluding hydrogens is 489 g/mol. The molecule has 1 saturated heterocycles. The Morgan fingerprint density at radius 1 is 1.09 bits per heavy atom. The molecule has 7 nitrogen and oxygen atoms in total. The zero-order chi connectivity index (χ0) is 25.7. The van der Waals surface area contributed by atoms with Crippen molar-refractivity contribution in [1.29, 1.82) is 5.26 Å². The first kappa shape index (κ1) is 28.0. The van der Waals surface area contributed by atoms with Gasteiger partial charge in [-0.25, -0.2) is 13.6 Å². The van der Waals surface area contributed by atoms with Gasteiger partial charge in [0.05, 0.1) is 28.6 Å². The van der Waals surface area contributed by atoms with E-state index in [2.05, 4.69) is 0 Å². The molecule has 1 aliphatic rings. The minimum atomic E-state index is -4.74. The first-order chi connectivity index (χ1) is 15.7. The van der Waals surface area contributed by atoms with Gasteiger partial charge in [-0.1, -0.05) is 32.1 Å². The lowest BCUT2D eigenvalue weighted by molar-refractivity contribution is -0.137. The van der Waals surface area contributed by atoms with Crippen LogP contribution in [0.1, 0.15) is 69.9 Å². The Balaban J connectivity index is 1.97. The molecule has 188 valence electrons. The molecule has 1 fully saturated rings. The number of thiocarbonyl (C=S) groups is 1. The van der Waals surface area contributed by atoms with Crippen molar-refractivity contribution in [2.24, 2.45) is 5.14 Å². The molecule has 0 bridgehead atoms. The van der Waals surface area contributed by atoms with Crippen molar-refractivity contribution in [3.63, 3.8) is 0 Å². The van der Waals surface area contributed by atoms with Crippen LogP contribution in [0.2, 0.25) is 0 Å². The summed E-state index contributed by atoms with van der Waals surface area (Å²) in [6.07, 6.45) is 0.964. The molecule has 1 aromatic carbocycles. The smallest absolute Gasteiger partial charge is 0.334 e. The number of unbranched alkanes of at least 4 members (excludes halogenated alkanes) is 6. The van der Waals surface area contributed by atoms with Crippen LogP contribution >= 0.6 is 12.2 Å². The summed E-state index contributed by atoms with van der Waals surface area (Å²) in [6.45, 7) is 3.84. The molecule has 1 heterocycles. The number of carbonyl (C=O) groups is 1. The van der Waals surface area contributed by atoms with Gasteiger partial charge < -0.3 is 4.90 Å². The van der Waals surface area contributed by atoms with Crippen LogP contribution < -0.4 is 10.0 Å². The summed E-state index contributed by atoms with van der Waals surface area (Å²) >= 11 is 5.47. The van der Waals surface area contributed by atoms with Crippen molar-refractivity contribution in [3.8, 4) is 6.07 Å². The van der Waals surface area contributed by atoms with E-state index in [1.54, 1.807) is 18.7 Å². The number of halogens is 3. The number of nitriles is 1. The van der Waals surface area contributed by atoms with Gasteiger partial charge in [0.15, 0.2) is 5.11 Å². The van der Waals surface area contributed by atoms with E-state index in [0.29, 0.717) is 13.0 Å². The summed E-state index contributed by atoms with van der Waals surface area (Å²) < 4.78 is 62.0. The molecular formula is C22H29F3N4O3S2. The molecule has 34 heavy (non-hydrogen) atoms. The van der Waals surface area contributed by atoms with Gasteiger partial charge in [0, 0.05) is 6.54 Å². The molecule has 0 aliphatic carbocycles. The zero-order valence-electron chi connectivity index (χ0n) is 19.2. The van der Waals surface area contributed by atoms with Crippen LogP contribution in [0.25, 0.3) is 0 Å². The second-order valence-electron chi connectivity index (χ2n) is 8.82. The Labute approximate surface area is 203 Å². The SMILES string of the molecule is CC1(C)C(=O)N(c2ccc(C#N)c(C(F)(F)F)c2)C(=S)N1CCCCCCCCCS(N)(=O)=O. The summed E-state index contributed by atoms with van der Waals surface area (Å²) in [5.74, 6) is -0.437. The average molecular weight is 519 g/mol. The monoisotopic (exact) mass is 518 g/mol. The van der Waals surface area contributed by atoms with E-state index in [9.17, 15) is 26.4 Å². The number of hydrogen-bond acceptors (Lipinski definition) is 5. The highest BCUT2D eigenvalue weighted by molar-refractivity contribution is 7.89. The summed E-state index contributed by atoms with van der Waals surface area (Å²) in [5, 5.41) is 14.1. The molecule has 12 heteroatoms. The first-order valence-corrected chi connectivity index (χ1v) is 13.1. The number of carbonyl (C=O) groups excluding carboxylic acids is 1. The highest BCUT2D eigenvalue weighted by atomic mass is 32.2. The molecule has 0 aromatic heterocycles. The third-order valence-corrected chi connectivity index (χ3v) is 7.08. The van der Waals surface area contributed by atoms with Gasteiger partial charge in [-0.15, -0.1) is 0 Å². The number of alkyl halides is 3. The maximum Gasteiger partial charge on any atom is 0.417 e. The molecule has 1 aromatic rings. The number of amides is 1. The van der Waals surface area contributed by atoms with Gasteiger partial charge in [0.1, 0.15) is 5.54 Å². The summed E-state index contributed by atoms with van der Waals surface area (Å²) in [6, 6.07) is 4.67. The van der Waals surface area contributed by atoms with Crippen LogP contribution in [0.5, 0.6) is 0 Å². The van der Waals surface area contributed by atoms with Crippen molar-refractivity contribution in [2.75, 3.05) is 17.2 Å². The largest absolute Gasteiger partial charge is 0.417 e. The maximum absolute atomic E-state index is 13.4. The molecule has 2 N–H and O–H groups in total. The lowest BCUT2D eigenvalue weighted by Gasteiger charge is -2.29. The van der Waals surface area contributed by atoms with Crippen molar-refractivity contribution in [3.05, 3.63) is 29.3 Å². The van der Waals surface area contributed by atoms with E-state index in [4.69, 9.17) is 22.6 Å². The fourth-order valence-corrected chi connectivity index (χ4v) is 5.01. The number of anilines is 1. The second-order valence-corrected chi connectivity index (χ2v) is 10.9. The molecule has 0 unspecified atom stereocenters. The van der Waals surface area contributed by atoms with Gasteiger partial charge in [-0.2, -0.15) is 18.4 Å². The average Bonchev–Trinajstić information content (AvgIpc) is 2.89. The molecule has 1 aliphatic heterocycles. The fraction of sp³-hybridized carbons (Fsp3) is 0.591. The van der Waals surface area contributed by atoms with Crippen LogP contribution in [-0.2, 0) is 21.0 Å². The zero-order valence-corrected chi connectivity index (χ0v) is 20.8. The van der Waals surface area contributed by atoms with Crippen LogP contribution in [0.3, 0.4) is 0 Å².